The fourth-order valence-electron chi connectivity index (χ4n) is 3.75. The normalized spacial score (nSPS) is 15.0. The second kappa shape index (κ2) is 7.33. The summed E-state index contributed by atoms with van der Waals surface area (Å²) in [5.41, 5.74) is 2.27. The Kier molecular flexibility index (Phi) is 4.58. The van der Waals surface area contributed by atoms with Gasteiger partial charge < -0.3 is 4.90 Å². The Balaban J connectivity index is 1.38. The largest absolute Gasteiger partial charge is 0.326 e. The van der Waals surface area contributed by atoms with E-state index in [9.17, 15) is 18.4 Å². The summed E-state index contributed by atoms with van der Waals surface area (Å²) < 4.78 is 29.4. The van der Waals surface area contributed by atoms with E-state index in [0.717, 1.165) is 16.2 Å². The summed E-state index contributed by atoms with van der Waals surface area (Å²) in [5, 5.41) is 3.99. The lowest BCUT2D eigenvalue weighted by molar-refractivity contribution is -0.113. The molecule has 32 heavy (non-hydrogen) atoms. The number of halogens is 2. The molecule has 1 amide bonds. The van der Waals surface area contributed by atoms with Gasteiger partial charge in [0.05, 0.1) is 42.7 Å². The molecule has 0 N–H and O–H groups in total. The smallest absolute Gasteiger partial charge is 0.282 e. The van der Waals surface area contributed by atoms with E-state index in [-0.39, 0.29) is 23.5 Å². The third-order valence-corrected chi connectivity index (χ3v) is 5.36. The zero-order valence-electron chi connectivity index (χ0n) is 17.1. The van der Waals surface area contributed by atoms with Gasteiger partial charge in [0.1, 0.15) is 5.69 Å². The minimum absolute atomic E-state index is 0.0150. The second-order valence-corrected chi connectivity index (χ2v) is 7.77. The van der Waals surface area contributed by atoms with Gasteiger partial charge in [-0.1, -0.05) is 30.3 Å². The summed E-state index contributed by atoms with van der Waals surface area (Å²) in [6, 6.07) is 11.4. The molecule has 0 aliphatic carbocycles. The van der Waals surface area contributed by atoms with E-state index in [0.29, 0.717) is 11.5 Å². The van der Waals surface area contributed by atoms with Gasteiger partial charge in [-0.3, -0.25) is 18.7 Å². The maximum atomic E-state index is 13.2. The third kappa shape index (κ3) is 3.53. The molecule has 0 unspecified atom stereocenters. The van der Waals surface area contributed by atoms with Crippen molar-refractivity contribution in [3.63, 3.8) is 0 Å². The van der Waals surface area contributed by atoms with Crippen LogP contribution in [0.5, 0.6) is 0 Å². The summed E-state index contributed by atoms with van der Waals surface area (Å²) >= 11 is 0. The van der Waals surface area contributed by atoms with Crippen LogP contribution in [0.2, 0.25) is 0 Å². The van der Waals surface area contributed by atoms with Crippen LogP contribution in [0, 0.1) is 0 Å². The Morgan fingerprint density at radius 1 is 1.09 bits per heavy atom. The predicted octanol–water partition coefficient (Wildman–Crippen LogP) is 2.65. The molecule has 10 heteroatoms. The molecule has 4 aromatic rings. The van der Waals surface area contributed by atoms with Gasteiger partial charge in [-0.2, -0.15) is 5.10 Å². The highest BCUT2D eigenvalue weighted by atomic mass is 19.3. The maximum absolute atomic E-state index is 13.2. The van der Waals surface area contributed by atoms with Gasteiger partial charge in [0, 0.05) is 25.0 Å². The number of benzene rings is 1. The van der Waals surface area contributed by atoms with Crippen LogP contribution >= 0.6 is 0 Å². The van der Waals surface area contributed by atoms with Crippen LogP contribution in [0.4, 0.5) is 8.78 Å². The zero-order valence-corrected chi connectivity index (χ0v) is 17.1. The number of fused-ring (bicyclic) bond motifs is 1. The zero-order chi connectivity index (χ0) is 22.5. The van der Waals surface area contributed by atoms with Gasteiger partial charge in [0.2, 0.25) is 5.78 Å². The number of likely N-dealkylation sites (tertiary alicyclic amines) is 1. The number of aromatic nitrogens is 5. The van der Waals surface area contributed by atoms with Crippen molar-refractivity contribution in [1.82, 2.24) is 29.0 Å². The molecular weight excluding hydrogens is 418 g/mol. The van der Waals surface area contributed by atoms with Crippen LogP contribution in [0.1, 0.15) is 26.5 Å². The molecule has 1 fully saturated rings. The Bertz CT molecular complexity index is 1340. The first-order chi connectivity index (χ1) is 15.3. The quantitative estimate of drug-likeness (QED) is 0.449. The summed E-state index contributed by atoms with van der Waals surface area (Å²) in [4.78, 5) is 35.6. The number of Topliss-reactive ketones (excluding diaryl/α,β-unsaturated/α-hetero) is 1. The first kappa shape index (κ1) is 20.0. The number of aryl methyl sites for hydroxylation is 1. The maximum Gasteiger partial charge on any atom is 0.282 e. The molecule has 0 bridgehead atoms. The van der Waals surface area contributed by atoms with Gasteiger partial charge >= 0.3 is 0 Å². The predicted molar refractivity (Wildman–Crippen MR) is 111 cm³/mol. The molecule has 0 saturated carbocycles. The Morgan fingerprint density at radius 2 is 1.84 bits per heavy atom. The molecule has 3 aromatic heterocycles. The Morgan fingerprint density at radius 3 is 2.56 bits per heavy atom. The van der Waals surface area contributed by atoms with Crippen molar-refractivity contribution in [3.05, 3.63) is 71.9 Å². The summed E-state index contributed by atoms with van der Waals surface area (Å²) in [6.07, 6.45) is 4.77. The van der Waals surface area contributed by atoms with Crippen LogP contribution in [-0.2, 0) is 13.5 Å². The average Bonchev–Trinajstić information content (AvgIpc) is 3.35. The van der Waals surface area contributed by atoms with E-state index in [1.54, 1.807) is 16.7 Å². The van der Waals surface area contributed by atoms with E-state index in [1.165, 1.54) is 17.9 Å². The molecule has 8 nitrogen and oxygen atoms in total. The molecule has 5 rings (SSSR count). The molecule has 1 aliphatic heterocycles. The van der Waals surface area contributed by atoms with Crippen molar-refractivity contribution in [1.29, 1.82) is 0 Å². The highest BCUT2D eigenvalue weighted by Crippen LogP contribution is 2.29. The van der Waals surface area contributed by atoms with E-state index in [4.69, 9.17) is 0 Å². The number of carbonyl (C=O) groups is 2. The number of imidazole rings is 1. The van der Waals surface area contributed by atoms with Crippen molar-refractivity contribution < 1.29 is 18.4 Å². The lowest BCUT2D eigenvalue weighted by Gasteiger charge is -2.38. The minimum Gasteiger partial charge on any atom is -0.326 e. The van der Waals surface area contributed by atoms with E-state index in [2.05, 4.69) is 15.1 Å². The number of nitrogens with zero attached hydrogens (tertiary/aromatic N) is 6. The molecule has 1 aromatic carbocycles. The molecule has 1 aliphatic rings. The third-order valence-electron chi connectivity index (χ3n) is 5.36. The van der Waals surface area contributed by atoms with Crippen LogP contribution in [0.3, 0.4) is 0 Å². The number of amides is 1. The Labute approximate surface area is 181 Å². The molecule has 162 valence electrons. The SMILES string of the molecule is Cn1ncc(C(=O)N2CC(F)(F)C2)c1C(=O)Cc1ccn2cc(-c3ccccc3)nc2n1. The number of carbonyl (C=O) groups excluding carboxylic acids is 2. The van der Waals surface area contributed by atoms with E-state index in [1.807, 2.05) is 36.5 Å². The van der Waals surface area contributed by atoms with E-state index < -0.39 is 24.9 Å². The van der Waals surface area contributed by atoms with Gasteiger partial charge in [0.25, 0.3) is 11.8 Å². The van der Waals surface area contributed by atoms with E-state index >= 15 is 0 Å². The van der Waals surface area contributed by atoms with Crippen LogP contribution in [0.25, 0.3) is 17.0 Å². The standard InChI is InChI=1S/C22H18F2N6O2/c1-28-19(16(10-25-28)20(32)30-12-22(23,24)13-30)18(31)9-15-7-8-29-11-17(27-21(29)26-15)14-5-3-2-4-6-14/h2-8,10-11H,9,12-13H2,1H3. The summed E-state index contributed by atoms with van der Waals surface area (Å²) in [7, 11) is 1.53. The van der Waals surface area contributed by atoms with Crippen molar-refractivity contribution in [2.75, 3.05) is 13.1 Å². The highest BCUT2D eigenvalue weighted by molar-refractivity contribution is 6.07. The monoisotopic (exact) mass is 436 g/mol. The van der Waals surface area contributed by atoms with Gasteiger partial charge in [-0.15, -0.1) is 0 Å². The van der Waals surface area contributed by atoms with Gasteiger partial charge in [-0.25, -0.2) is 18.7 Å². The van der Waals surface area contributed by atoms with Crippen molar-refractivity contribution >= 4 is 17.5 Å². The first-order valence-electron chi connectivity index (χ1n) is 9.93. The van der Waals surface area contributed by atoms with Crippen LogP contribution < -0.4 is 0 Å². The number of alkyl halides is 2. The fraction of sp³-hybridized carbons (Fsp3) is 0.227. The molecular formula is C22H18F2N6O2. The van der Waals surface area contributed by atoms with Crippen molar-refractivity contribution in [2.24, 2.45) is 7.05 Å². The fourth-order valence-corrected chi connectivity index (χ4v) is 3.75. The average molecular weight is 436 g/mol. The lowest BCUT2D eigenvalue weighted by Crippen LogP contribution is -2.58. The number of ketones is 1. The van der Waals surface area contributed by atoms with Gasteiger partial charge in [-0.05, 0) is 6.07 Å². The summed E-state index contributed by atoms with van der Waals surface area (Å²) in [6.45, 7) is -1.31. The second-order valence-electron chi connectivity index (χ2n) is 7.77. The summed E-state index contributed by atoms with van der Waals surface area (Å²) in [5.74, 6) is -3.45. The number of hydrogen-bond donors (Lipinski definition) is 0. The molecule has 1 saturated heterocycles. The van der Waals surface area contributed by atoms with Crippen molar-refractivity contribution in [2.45, 2.75) is 12.3 Å². The first-order valence-corrected chi connectivity index (χ1v) is 9.93. The molecule has 0 radical (unpaired) electrons. The number of hydrogen-bond acceptors (Lipinski definition) is 5. The molecule has 0 atom stereocenters. The van der Waals surface area contributed by atoms with Crippen LogP contribution in [-0.4, -0.2) is 59.8 Å². The number of rotatable bonds is 5. The van der Waals surface area contributed by atoms with Crippen LogP contribution in [0.15, 0.2) is 55.0 Å². The topological polar surface area (TPSA) is 85.4 Å². The Hall–Kier alpha value is -3.95. The van der Waals surface area contributed by atoms with Crippen molar-refractivity contribution in [3.8, 4) is 11.3 Å². The minimum atomic E-state index is -2.88. The molecule has 4 heterocycles. The molecule has 0 spiro atoms. The van der Waals surface area contributed by atoms with Gasteiger partial charge in [0.15, 0.2) is 5.78 Å². The lowest BCUT2D eigenvalue weighted by atomic mass is 10.0. The highest BCUT2D eigenvalue weighted by Gasteiger charge is 2.47.